The fourth-order valence-electron chi connectivity index (χ4n) is 1.82. The summed E-state index contributed by atoms with van der Waals surface area (Å²) in [6, 6.07) is 6.07. The van der Waals surface area contributed by atoms with Crippen LogP contribution < -0.4 is 0 Å². The first-order valence-electron chi connectivity index (χ1n) is 5.63. The summed E-state index contributed by atoms with van der Waals surface area (Å²) in [5.74, 6) is 0. The zero-order chi connectivity index (χ0) is 15.8. The van der Waals surface area contributed by atoms with Crippen LogP contribution in [-0.2, 0) is 16.0 Å². The summed E-state index contributed by atoms with van der Waals surface area (Å²) < 4.78 is 61.9. The van der Waals surface area contributed by atoms with Crippen molar-refractivity contribution in [1.82, 2.24) is 4.98 Å². The summed E-state index contributed by atoms with van der Waals surface area (Å²) >= 11 is 3.00. The molecule has 8 heteroatoms. The molecule has 0 aliphatic carbocycles. The maximum absolute atomic E-state index is 13.0. The van der Waals surface area contributed by atoms with Gasteiger partial charge in [-0.3, -0.25) is 0 Å². The summed E-state index contributed by atoms with van der Waals surface area (Å²) in [7, 11) is -3.40. The van der Waals surface area contributed by atoms with Gasteiger partial charge in [-0.25, -0.2) is 13.4 Å². The van der Waals surface area contributed by atoms with Crippen LogP contribution in [0, 0.1) is 0 Å². The summed E-state index contributed by atoms with van der Waals surface area (Å²) in [4.78, 5) is 3.84. The molecule has 0 radical (unpaired) electrons. The van der Waals surface area contributed by atoms with Gasteiger partial charge in [0.2, 0.25) is 0 Å². The average molecular weight is 380 g/mol. The van der Waals surface area contributed by atoms with E-state index in [9.17, 15) is 21.6 Å². The molecular weight excluding hydrogens is 371 g/mol. The van der Waals surface area contributed by atoms with Crippen molar-refractivity contribution in [2.75, 3.05) is 6.26 Å². The van der Waals surface area contributed by atoms with E-state index in [-0.39, 0.29) is 20.6 Å². The van der Waals surface area contributed by atoms with Gasteiger partial charge in [0, 0.05) is 18.0 Å². The predicted molar refractivity (Wildman–Crippen MR) is 75.5 cm³/mol. The van der Waals surface area contributed by atoms with Crippen LogP contribution in [0.2, 0.25) is 0 Å². The molecule has 0 saturated carbocycles. The van der Waals surface area contributed by atoms with Gasteiger partial charge in [0.25, 0.3) is 0 Å². The number of hydrogen-bond donors (Lipinski definition) is 0. The highest BCUT2D eigenvalue weighted by Gasteiger charge is 2.34. The van der Waals surface area contributed by atoms with Crippen molar-refractivity contribution in [2.24, 2.45) is 0 Å². The number of halogens is 4. The van der Waals surface area contributed by atoms with Gasteiger partial charge in [0.1, 0.15) is 4.60 Å². The fourth-order valence-corrected chi connectivity index (χ4v) is 3.01. The van der Waals surface area contributed by atoms with Crippen LogP contribution in [0.3, 0.4) is 0 Å². The van der Waals surface area contributed by atoms with Crippen LogP contribution >= 0.6 is 15.9 Å². The first-order chi connectivity index (χ1) is 9.60. The van der Waals surface area contributed by atoms with Gasteiger partial charge >= 0.3 is 6.18 Å². The van der Waals surface area contributed by atoms with E-state index in [1.165, 1.54) is 24.3 Å². The third-order valence-electron chi connectivity index (χ3n) is 2.78. The molecule has 0 saturated heterocycles. The molecule has 0 unspecified atom stereocenters. The second-order valence-electron chi connectivity index (χ2n) is 4.32. The number of aromatic nitrogens is 1. The van der Waals surface area contributed by atoms with Gasteiger partial charge < -0.3 is 0 Å². The molecule has 0 atom stereocenters. The average Bonchev–Trinajstić information content (AvgIpc) is 2.36. The van der Waals surface area contributed by atoms with Crippen molar-refractivity contribution in [2.45, 2.75) is 11.1 Å². The zero-order valence-corrected chi connectivity index (χ0v) is 13.1. The highest BCUT2D eigenvalue weighted by atomic mass is 79.9. The van der Waals surface area contributed by atoms with E-state index in [1.54, 1.807) is 0 Å². The molecular formula is C13H9BrF3NO2S. The Morgan fingerprint density at radius 2 is 1.67 bits per heavy atom. The molecule has 0 aliphatic heterocycles. The highest BCUT2D eigenvalue weighted by Crippen LogP contribution is 2.40. The van der Waals surface area contributed by atoms with Crippen LogP contribution in [0.1, 0.15) is 5.56 Å². The van der Waals surface area contributed by atoms with Crippen molar-refractivity contribution in [3.63, 3.8) is 0 Å². The van der Waals surface area contributed by atoms with Crippen LogP contribution in [0.25, 0.3) is 11.1 Å². The lowest BCUT2D eigenvalue weighted by atomic mass is 10.0. The van der Waals surface area contributed by atoms with Gasteiger partial charge in [0.15, 0.2) is 9.84 Å². The van der Waals surface area contributed by atoms with Crippen molar-refractivity contribution in [3.05, 3.63) is 46.7 Å². The van der Waals surface area contributed by atoms with Crippen LogP contribution in [0.5, 0.6) is 0 Å². The summed E-state index contributed by atoms with van der Waals surface area (Å²) in [6.07, 6.45) is -2.44. The molecule has 0 bridgehead atoms. The summed E-state index contributed by atoms with van der Waals surface area (Å²) in [6.45, 7) is 0. The van der Waals surface area contributed by atoms with Gasteiger partial charge in [-0.2, -0.15) is 13.2 Å². The Balaban J connectivity index is 2.63. The Morgan fingerprint density at radius 3 is 2.14 bits per heavy atom. The van der Waals surface area contributed by atoms with Crippen LogP contribution in [-0.4, -0.2) is 19.7 Å². The monoisotopic (exact) mass is 379 g/mol. The SMILES string of the molecule is CS(=O)(=O)c1ccc(-c2c(C(F)(F)F)ccnc2Br)cc1. The molecule has 0 fully saturated rings. The first-order valence-corrected chi connectivity index (χ1v) is 8.31. The second-order valence-corrected chi connectivity index (χ2v) is 7.09. The van der Waals surface area contributed by atoms with E-state index in [0.717, 1.165) is 18.5 Å². The largest absolute Gasteiger partial charge is 0.417 e. The quantitative estimate of drug-likeness (QED) is 0.742. The lowest BCUT2D eigenvalue weighted by molar-refractivity contribution is -0.137. The van der Waals surface area contributed by atoms with Gasteiger partial charge in [-0.15, -0.1) is 0 Å². The Morgan fingerprint density at radius 1 is 1.10 bits per heavy atom. The van der Waals surface area contributed by atoms with Crippen LogP contribution in [0.4, 0.5) is 13.2 Å². The number of sulfone groups is 1. The summed E-state index contributed by atoms with van der Waals surface area (Å²) in [5, 5.41) is 0. The minimum atomic E-state index is -4.53. The molecule has 112 valence electrons. The minimum absolute atomic E-state index is 0.0415. The Labute approximate surface area is 127 Å². The van der Waals surface area contributed by atoms with E-state index in [4.69, 9.17) is 0 Å². The highest BCUT2D eigenvalue weighted by molar-refractivity contribution is 9.10. The molecule has 1 heterocycles. The van der Waals surface area contributed by atoms with Crippen molar-refractivity contribution in [3.8, 4) is 11.1 Å². The van der Waals surface area contributed by atoms with Crippen molar-refractivity contribution in [1.29, 1.82) is 0 Å². The molecule has 0 amide bonds. The Kier molecular flexibility index (Phi) is 4.12. The lowest BCUT2D eigenvalue weighted by Gasteiger charge is -2.14. The van der Waals surface area contributed by atoms with Crippen molar-refractivity contribution >= 4 is 25.8 Å². The van der Waals surface area contributed by atoms with E-state index >= 15 is 0 Å². The number of alkyl halides is 3. The molecule has 2 aromatic rings. The maximum atomic E-state index is 13.0. The van der Waals surface area contributed by atoms with E-state index in [0.29, 0.717) is 0 Å². The predicted octanol–water partition coefficient (Wildman–Crippen LogP) is 3.93. The number of pyridine rings is 1. The standard InChI is InChI=1S/C13H9BrF3NO2S/c1-21(19,20)9-4-2-8(3-5-9)11-10(13(15,16)17)6-7-18-12(11)14/h2-7H,1H3. The van der Waals surface area contributed by atoms with Gasteiger partial charge in [-0.05, 0) is 39.7 Å². The Hall–Kier alpha value is -1.41. The topological polar surface area (TPSA) is 47.0 Å². The first kappa shape index (κ1) is 16.0. The molecule has 0 aliphatic rings. The molecule has 1 aromatic carbocycles. The normalized spacial score (nSPS) is 12.4. The summed E-state index contributed by atoms with van der Waals surface area (Å²) in [5.41, 5.74) is -0.726. The van der Waals surface area contributed by atoms with E-state index in [2.05, 4.69) is 20.9 Å². The number of rotatable bonds is 2. The van der Waals surface area contributed by atoms with E-state index in [1.807, 2.05) is 0 Å². The lowest BCUT2D eigenvalue weighted by Crippen LogP contribution is -2.08. The number of nitrogens with zero attached hydrogens (tertiary/aromatic N) is 1. The smallest absolute Gasteiger partial charge is 0.249 e. The fraction of sp³-hybridized carbons (Fsp3) is 0.154. The molecule has 3 nitrogen and oxygen atoms in total. The van der Waals surface area contributed by atoms with Gasteiger partial charge in [-0.1, -0.05) is 12.1 Å². The zero-order valence-electron chi connectivity index (χ0n) is 10.6. The second kappa shape index (κ2) is 5.42. The maximum Gasteiger partial charge on any atom is 0.417 e. The number of hydrogen-bond acceptors (Lipinski definition) is 3. The molecule has 21 heavy (non-hydrogen) atoms. The Bertz CT molecular complexity index is 771. The third-order valence-corrected chi connectivity index (χ3v) is 4.51. The molecule has 0 spiro atoms. The number of benzene rings is 1. The van der Waals surface area contributed by atoms with Crippen molar-refractivity contribution < 1.29 is 21.6 Å². The van der Waals surface area contributed by atoms with Crippen LogP contribution in [0.15, 0.2) is 46.0 Å². The molecule has 0 N–H and O–H groups in total. The molecule has 2 rings (SSSR count). The molecule has 1 aromatic heterocycles. The van der Waals surface area contributed by atoms with Gasteiger partial charge in [0.05, 0.1) is 10.5 Å². The minimum Gasteiger partial charge on any atom is -0.249 e. The third kappa shape index (κ3) is 3.44. The van der Waals surface area contributed by atoms with E-state index < -0.39 is 21.6 Å².